The number of hydrogen-bond acceptors (Lipinski definition) is 0. The fourth-order valence-corrected chi connectivity index (χ4v) is 2.03. The minimum atomic E-state index is -0.363. The fraction of sp³-hybridized carbons (Fsp3) is 0. The zero-order chi connectivity index (χ0) is 10.8. The summed E-state index contributed by atoms with van der Waals surface area (Å²) < 4.78 is 14.3. The second-order valence-electron chi connectivity index (χ2n) is 3.31. The van der Waals surface area contributed by atoms with E-state index in [9.17, 15) is 4.39 Å². The number of rotatable bonds is 1. The Bertz CT molecular complexity index is 479. The van der Waals surface area contributed by atoms with Crippen molar-refractivity contribution < 1.29 is 4.39 Å². The van der Waals surface area contributed by atoms with Crippen LogP contribution in [-0.4, -0.2) is 33.6 Å². The molecule has 0 unspecified atom stereocenters. The van der Waals surface area contributed by atoms with Crippen LogP contribution in [0.25, 0.3) is 11.1 Å². The van der Waals surface area contributed by atoms with Gasteiger partial charge in [0, 0.05) is 0 Å². The molecule has 0 aliphatic rings. The molecule has 0 spiro atoms. The Kier molecular flexibility index (Phi) is 3.24. The molecule has 69 valence electrons. The summed E-state index contributed by atoms with van der Waals surface area (Å²) in [5, 5.41) is 0. The molecule has 0 nitrogen and oxygen atoms in total. The summed E-state index contributed by atoms with van der Waals surface area (Å²) in [4.78, 5) is 0. The van der Waals surface area contributed by atoms with E-state index in [1.807, 2.05) is 12.1 Å². The van der Waals surface area contributed by atoms with Gasteiger partial charge < -0.3 is 0 Å². The van der Waals surface area contributed by atoms with Gasteiger partial charge in [-0.1, -0.05) is 0 Å². The van der Waals surface area contributed by atoms with Gasteiger partial charge in [-0.15, -0.1) is 0 Å². The van der Waals surface area contributed by atoms with Gasteiger partial charge in [-0.25, -0.2) is 0 Å². The van der Waals surface area contributed by atoms with Gasteiger partial charge in [0.1, 0.15) is 0 Å². The van der Waals surface area contributed by atoms with Gasteiger partial charge in [0.25, 0.3) is 0 Å². The Morgan fingerprint density at radius 3 is 2.13 bits per heavy atom. The third-order valence-electron chi connectivity index (χ3n) is 2.21. The zero-order valence-electron chi connectivity index (χ0n) is 8.00. The summed E-state index contributed by atoms with van der Waals surface area (Å²) in [5.74, 6) is -0.363. The summed E-state index contributed by atoms with van der Waals surface area (Å²) in [6.07, 6.45) is 0. The van der Waals surface area contributed by atoms with Crippen LogP contribution in [0.4, 0.5) is 4.39 Å². The van der Waals surface area contributed by atoms with Crippen LogP contribution in [0.1, 0.15) is 0 Å². The molecule has 5 radical (unpaired) electrons. The van der Waals surface area contributed by atoms with Crippen molar-refractivity contribution in [3.63, 3.8) is 0 Å². The Hall–Kier alpha value is -0.643. The van der Waals surface area contributed by atoms with Gasteiger partial charge >= 0.3 is 106 Å². The first-order valence-electron chi connectivity index (χ1n) is 4.54. The molecule has 0 saturated carbocycles. The topological polar surface area (TPSA) is 0 Å². The van der Waals surface area contributed by atoms with Crippen molar-refractivity contribution in [2.75, 3.05) is 0 Å². The summed E-state index contributed by atoms with van der Waals surface area (Å²) in [5.41, 5.74) is 2.22. The normalized spacial score (nSPS) is 10.3. The summed E-state index contributed by atoms with van der Waals surface area (Å²) >= 11 is 1.05. The van der Waals surface area contributed by atoms with Crippen LogP contribution in [-0.2, 0) is 0 Å². The van der Waals surface area contributed by atoms with Gasteiger partial charge in [0.05, 0.1) is 0 Å². The Morgan fingerprint density at radius 1 is 0.933 bits per heavy atom. The van der Waals surface area contributed by atoms with Crippen molar-refractivity contribution in [2.24, 2.45) is 0 Å². The van der Waals surface area contributed by atoms with Crippen LogP contribution in [0.2, 0.25) is 0 Å². The second kappa shape index (κ2) is 4.47. The Morgan fingerprint density at radius 2 is 1.53 bits per heavy atom. The van der Waals surface area contributed by atoms with E-state index in [4.69, 9.17) is 7.85 Å². The Labute approximate surface area is 106 Å². The third kappa shape index (κ3) is 2.48. The summed E-state index contributed by atoms with van der Waals surface area (Å²) in [6, 6.07) is 13.1. The van der Waals surface area contributed by atoms with E-state index in [0.29, 0.717) is 0 Å². The molecule has 0 amide bonds. The number of hydrogen-bond donors (Lipinski definition) is 0. The van der Waals surface area contributed by atoms with Gasteiger partial charge in [-0.3, -0.25) is 0 Å². The molecule has 0 N–H and O–H groups in total. The van der Waals surface area contributed by atoms with E-state index in [2.05, 4.69) is 12.1 Å². The molecule has 0 saturated heterocycles. The molecule has 0 atom stereocenters. The summed E-state index contributed by atoms with van der Waals surface area (Å²) in [6.45, 7) is 0. The van der Waals surface area contributed by atoms with E-state index in [-0.39, 0.29) is 11.3 Å². The van der Waals surface area contributed by atoms with Crippen LogP contribution >= 0.6 is 0 Å². The standard InChI is InChI=1S/C12H7BF.Pb/c13-11-8-10(6-7-12(11)14)9-4-2-1-3-5-9;/h2-8H;. The van der Waals surface area contributed by atoms with E-state index in [0.717, 1.165) is 36.9 Å². The molecule has 0 aliphatic heterocycles. The van der Waals surface area contributed by atoms with Crippen LogP contribution in [0.3, 0.4) is 0 Å². The molecule has 0 bridgehead atoms. The molecular formula is C12H7BFPb. The number of benzene rings is 2. The molecule has 2 rings (SSSR count). The van der Waals surface area contributed by atoms with Crippen molar-refractivity contribution >= 4 is 42.2 Å². The van der Waals surface area contributed by atoms with Crippen molar-refractivity contribution in [1.82, 2.24) is 0 Å². The molecular weight excluding hydrogens is 381 g/mol. The van der Waals surface area contributed by atoms with Crippen LogP contribution < -0.4 is 8.59 Å². The quantitative estimate of drug-likeness (QED) is 0.642. The monoisotopic (exact) mass is 389 g/mol. The van der Waals surface area contributed by atoms with E-state index >= 15 is 0 Å². The van der Waals surface area contributed by atoms with E-state index in [1.165, 1.54) is 9.19 Å². The number of halogens is 1. The first kappa shape index (κ1) is 10.9. The molecule has 0 heterocycles. The summed E-state index contributed by atoms with van der Waals surface area (Å²) in [7, 11) is 5.52. The predicted molar refractivity (Wildman–Crippen MR) is 62.6 cm³/mol. The third-order valence-corrected chi connectivity index (χ3v) is 3.51. The molecule has 3 heteroatoms. The average Bonchev–Trinajstić information content (AvgIpc) is 2.23. The van der Waals surface area contributed by atoms with Crippen molar-refractivity contribution in [3.05, 3.63) is 48.3 Å². The maximum atomic E-state index is 13.0. The average molecular weight is 388 g/mol. The van der Waals surface area contributed by atoms with Gasteiger partial charge in [-0.2, -0.15) is 0 Å². The first-order valence-corrected chi connectivity index (χ1v) is 6.48. The van der Waals surface area contributed by atoms with Gasteiger partial charge in [0.2, 0.25) is 0 Å². The maximum absolute atomic E-state index is 13.0. The SMILES string of the molecule is [B]c1cc(-c2cc[c]([Pb])cc2)ccc1F. The van der Waals surface area contributed by atoms with Crippen LogP contribution in [0.15, 0.2) is 42.5 Å². The predicted octanol–water partition coefficient (Wildman–Crippen LogP) is 1.08. The van der Waals surface area contributed by atoms with Crippen molar-refractivity contribution in [3.8, 4) is 11.1 Å². The molecule has 0 aromatic heterocycles. The van der Waals surface area contributed by atoms with Gasteiger partial charge in [-0.05, 0) is 0 Å². The molecule has 0 fully saturated rings. The Balaban J connectivity index is 2.45. The molecule has 2 aromatic carbocycles. The van der Waals surface area contributed by atoms with E-state index in [1.54, 1.807) is 12.1 Å². The molecule has 2 aromatic rings. The minimum absolute atomic E-state index is 0.197. The van der Waals surface area contributed by atoms with Crippen LogP contribution in [0.5, 0.6) is 0 Å². The van der Waals surface area contributed by atoms with Crippen molar-refractivity contribution in [1.29, 1.82) is 0 Å². The van der Waals surface area contributed by atoms with Crippen molar-refractivity contribution in [2.45, 2.75) is 0 Å². The molecule has 0 aliphatic carbocycles. The van der Waals surface area contributed by atoms with E-state index < -0.39 is 0 Å². The molecule has 15 heavy (non-hydrogen) atoms. The van der Waals surface area contributed by atoms with Crippen LogP contribution in [0, 0.1) is 5.82 Å². The van der Waals surface area contributed by atoms with Gasteiger partial charge in [0.15, 0.2) is 0 Å². The first-order chi connectivity index (χ1) is 7.16. The fourth-order valence-electron chi connectivity index (χ4n) is 1.39. The second-order valence-corrected chi connectivity index (χ2v) is 5.56. The zero-order valence-corrected chi connectivity index (χ0v) is 11.9.